The van der Waals surface area contributed by atoms with Gasteiger partial charge in [-0.25, -0.2) is 4.79 Å². The lowest BCUT2D eigenvalue weighted by Gasteiger charge is -2.17. The molecular weight excluding hydrogens is 287 g/mol. The Morgan fingerprint density at radius 2 is 1.86 bits per heavy atom. The minimum Gasteiger partial charge on any atom is -0.462 e. The average molecular weight is 305 g/mol. The molecule has 0 unspecified atom stereocenters. The maximum Gasteiger partial charge on any atom is 0.573 e. The normalized spacial score (nSPS) is 12.1. The van der Waals surface area contributed by atoms with Crippen molar-refractivity contribution in [2.45, 2.75) is 33.6 Å². The van der Waals surface area contributed by atoms with E-state index < -0.39 is 18.1 Å². The first-order valence-electron chi connectivity index (χ1n) is 6.30. The highest BCUT2D eigenvalue weighted by atomic mass is 19.4. The monoisotopic (exact) mass is 305 g/mol. The van der Waals surface area contributed by atoms with Crippen LogP contribution >= 0.6 is 0 Å². The number of hydrogen-bond donors (Lipinski definition) is 1. The van der Waals surface area contributed by atoms with Gasteiger partial charge in [0.2, 0.25) is 0 Å². The lowest BCUT2D eigenvalue weighted by Crippen LogP contribution is -2.18. The van der Waals surface area contributed by atoms with Crippen LogP contribution in [0.15, 0.2) is 18.2 Å². The van der Waals surface area contributed by atoms with Crippen molar-refractivity contribution in [3.05, 3.63) is 23.8 Å². The van der Waals surface area contributed by atoms with Gasteiger partial charge in [0.1, 0.15) is 0 Å². The molecule has 0 aliphatic heterocycles. The third-order valence-corrected chi connectivity index (χ3v) is 2.56. The van der Waals surface area contributed by atoms with Gasteiger partial charge >= 0.3 is 12.3 Å². The zero-order valence-electron chi connectivity index (χ0n) is 12.1. The van der Waals surface area contributed by atoms with Crippen molar-refractivity contribution >= 4 is 11.7 Å². The van der Waals surface area contributed by atoms with Gasteiger partial charge in [-0.2, -0.15) is 0 Å². The van der Waals surface area contributed by atoms with Crippen LogP contribution in [0.25, 0.3) is 0 Å². The van der Waals surface area contributed by atoms with E-state index in [-0.39, 0.29) is 23.3 Å². The Hall–Kier alpha value is -1.92. The first-order chi connectivity index (χ1) is 9.48. The topological polar surface area (TPSA) is 61.5 Å². The van der Waals surface area contributed by atoms with Gasteiger partial charge in [0, 0.05) is 0 Å². The Morgan fingerprint density at radius 1 is 1.24 bits per heavy atom. The summed E-state index contributed by atoms with van der Waals surface area (Å²) in [4.78, 5) is 11.7. The summed E-state index contributed by atoms with van der Waals surface area (Å²) in [6.45, 7) is 6.23. The number of alkyl halides is 3. The van der Waals surface area contributed by atoms with Gasteiger partial charge in [0.05, 0.1) is 17.9 Å². The van der Waals surface area contributed by atoms with Gasteiger partial charge in [-0.15, -0.1) is 13.2 Å². The number of carbonyl (C=O) groups is 1. The van der Waals surface area contributed by atoms with Crippen LogP contribution in [0.4, 0.5) is 18.9 Å². The summed E-state index contributed by atoms with van der Waals surface area (Å²) in [5.74, 6) is -1.18. The third kappa shape index (κ3) is 6.37. The van der Waals surface area contributed by atoms with Crippen LogP contribution in [-0.2, 0) is 4.74 Å². The molecule has 4 nitrogen and oxygen atoms in total. The number of nitrogens with two attached hydrogens (primary N) is 1. The Balaban J connectivity index is 2.68. The zero-order valence-corrected chi connectivity index (χ0v) is 12.1. The number of rotatable bonds is 4. The lowest BCUT2D eigenvalue weighted by molar-refractivity contribution is -0.274. The molecule has 0 saturated carbocycles. The van der Waals surface area contributed by atoms with Crippen LogP contribution in [-0.4, -0.2) is 18.9 Å². The molecule has 0 saturated heterocycles. The van der Waals surface area contributed by atoms with E-state index in [0.29, 0.717) is 6.42 Å². The minimum atomic E-state index is -4.83. The van der Waals surface area contributed by atoms with Crippen LogP contribution in [0.3, 0.4) is 0 Å². The zero-order chi connectivity index (χ0) is 16.3. The van der Waals surface area contributed by atoms with Gasteiger partial charge in [0.15, 0.2) is 5.75 Å². The van der Waals surface area contributed by atoms with Gasteiger partial charge in [-0.1, -0.05) is 20.8 Å². The fraction of sp³-hybridized carbons (Fsp3) is 0.500. The molecule has 0 radical (unpaired) electrons. The second-order valence-electron chi connectivity index (χ2n) is 5.75. The Kier molecular flexibility index (Phi) is 5.09. The number of esters is 1. The number of carbonyl (C=O) groups excluding carboxylic acids is 1. The van der Waals surface area contributed by atoms with E-state index >= 15 is 0 Å². The van der Waals surface area contributed by atoms with Gasteiger partial charge in [0.25, 0.3) is 0 Å². The predicted molar refractivity (Wildman–Crippen MR) is 71.9 cm³/mol. The van der Waals surface area contributed by atoms with Crippen molar-refractivity contribution < 1.29 is 27.4 Å². The maximum atomic E-state index is 12.1. The molecule has 0 spiro atoms. The fourth-order valence-corrected chi connectivity index (χ4v) is 1.43. The Bertz CT molecular complexity index is 507. The summed E-state index contributed by atoms with van der Waals surface area (Å²) in [7, 11) is 0. The summed E-state index contributed by atoms with van der Waals surface area (Å²) in [5.41, 5.74) is 5.25. The molecule has 118 valence electrons. The number of ether oxygens (including phenoxy) is 2. The van der Waals surface area contributed by atoms with Crippen LogP contribution in [0, 0.1) is 5.41 Å². The van der Waals surface area contributed by atoms with Crippen molar-refractivity contribution in [2.24, 2.45) is 5.41 Å². The van der Waals surface area contributed by atoms with E-state index in [0.717, 1.165) is 12.1 Å². The van der Waals surface area contributed by atoms with E-state index in [1.54, 1.807) is 0 Å². The molecular formula is C14H18F3NO3. The largest absolute Gasteiger partial charge is 0.573 e. The van der Waals surface area contributed by atoms with Crippen molar-refractivity contribution in [3.63, 3.8) is 0 Å². The number of hydrogen-bond acceptors (Lipinski definition) is 4. The minimum absolute atomic E-state index is 0.0176. The molecule has 1 aromatic carbocycles. The predicted octanol–water partition coefficient (Wildman–Crippen LogP) is 3.76. The molecule has 1 rings (SSSR count). The molecule has 1 aromatic rings. The van der Waals surface area contributed by atoms with Crippen molar-refractivity contribution in [1.29, 1.82) is 0 Å². The molecule has 0 aliphatic rings. The summed E-state index contributed by atoms with van der Waals surface area (Å²) >= 11 is 0. The number of halogens is 3. The van der Waals surface area contributed by atoms with E-state index in [4.69, 9.17) is 10.5 Å². The summed E-state index contributed by atoms with van der Waals surface area (Å²) in [5, 5.41) is 0. The molecule has 0 heterocycles. The molecule has 7 heteroatoms. The summed E-state index contributed by atoms with van der Waals surface area (Å²) < 4.78 is 45.0. The Morgan fingerprint density at radius 3 is 2.33 bits per heavy atom. The average Bonchev–Trinajstić information content (AvgIpc) is 2.28. The highest BCUT2D eigenvalue weighted by Crippen LogP contribution is 2.29. The molecule has 0 atom stereocenters. The van der Waals surface area contributed by atoms with Crippen molar-refractivity contribution in [1.82, 2.24) is 0 Å². The first-order valence-corrected chi connectivity index (χ1v) is 6.30. The second kappa shape index (κ2) is 6.24. The van der Waals surface area contributed by atoms with Crippen molar-refractivity contribution in [2.75, 3.05) is 12.3 Å². The van der Waals surface area contributed by atoms with Crippen LogP contribution < -0.4 is 10.5 Å². The molecule has 0 bridgehead atoms. The quantitative estimate of drug-likeness (QED) is 0.679. The third-order valence-electron chi connectivity index (χ3n) is 2.56. The second-order valence-corrected chi connectivity index (χ2v) is 5.75. The number of nitrogen functional groups attached to an aromatic ring is 1. The Labute approximate surface area is 121 Å². The van der Waals surface area contributed by atoms with E-state index in [9.17, 15) is 18.0 Å². The summed E-state index contributed by atoms with van der Waals surface area (Å²) in [6, 6.07) is 3.26. The number of anilines is 1. The highest BCUT2D eigenvalue weighted by molar-refractivity contribution is 5.91. The van der Waals surface area contributed by atoms with Crippen LogP contribution in [0.2, 0.25) is 0 Å². The maximum absolute atomic E-state index is 12.1. The smallest absolute Gasteiger partial charge is 0.462 e. The van der Waals surface area contributed by atoms with E-state index in [1.807, 2.05) is 20.8 Å². The molecule has 21 heavy (non-hydrogen) atoms. The standard InChI is InChI=1S/C14H18F3NO3/c1-13(2,3)6-7-20-12(19)9-4-5-11(10(18)8-9)21-14(15,16)17/h4-5,8H,6-7,18H2,1-3H3. The molecule has 0 aliphatic carbocycles. The first kappa shape index (κ1) is 17.1. The fourth-order valence-electron chi connectivity index (χ4n) is 1.43. The van der Waals surface area contributed by atoms with E-state index in [1.165, 1.54) is 6.07 Å². The van der Waals surface area contributed by atoms with Gasteiger partial charge < -0.3 is 15.2 Å². The lowest BCUT2D eigenvalue weighted by atomic mass is 9.93. The summed E-state index contributed by atoms with van der Waals surface area (Å²) in [6.07, 6.45) is -4.16. The number of benzene rings is 1. The van der Waals surface area contributed by atoms with Crippen LogP contribution in [0.5, 0.6) is 5.75 Å². The van der Waals surface area contributed by atoms with Gasteiger partial charge in [-0.3, -0.25) is 0 Å². The van der Waals surface area contributed by atoms with E-state index in [2.05, 4.69) is 4.74 Å². The van der Waals surface area contributed by atoms with Gasteiger partial charge in [-0.05, 0) is 30.0 Å². The van der Waals surface area contributed by atoms with Crippen molar-refractivity contribution in [3.8, 4) is 5.75 Å². The SMILES string of the molecule is CC(C)(C)CCOC(=O)c1ccc(OC(F)(F)F)c(N)c1. The molecule has 0 fully saturated rings. The van der Waals surface area contributed by atoms with Crippen LogP contribution in [0.1, 0.15) is 37.6 Å². The highest BCUT2D eigenvalue weighted by Gasteiger charge is 2.32. The molecule has 0 amide bonds. The molecule has 2 N–H and O–H groups in total. The molecule has 0 aromatic heterocycles.